The zero-order chi connectivity index (χ0) is 16.6. The minimum absolute atomic E-state index is 0.0583. The number of hydrogen-bond acceptors (Lipinski definition) is 3. The lowest BCUT2D eigenvalue weighted by atomic mass is 10.2. The second kappa shape index (κ2) is 8.95. The topological polar surface area (TPSA) is 38.8 Å². The molecule has 0 aromatic heterocycles. The van der Waals surface area contributed by atoms with Crippen molar-refractivity contribution in [3.63, 3.8) is 0 Å². The highest BCUT2D eigenvalue weighted by atomic mass is 28.3. The van der Waals surface area contributed by atoms with Crippen LogP contribution in [0.5, 0.6) is 5.75 Å². The van der Waals surface area contributed by atoms with Gasteiger partial charge in [-0.15, -0.1) is 0 Å². The number of rotatable bonds is 9. The molecule has 0 radical (unpaired) electrons. The lowest BCUT2D eigenvalue weighted by molar-refractivity contribution is 0.0220. The second-order valence-electron chi connectivity index (χ2n) is 6.48. The molecule has 1 aromatic rings. The molecule has 0 fully saturated rings. The molecular formula is C17H29NO3Si. The van der Waals surface area contributed by atoms with E-state index in [2.05, 4.69) is 19.6 Å². The fourth-order valence-corrected chi connectivity index (χ4v) is 2.69. The van der Waals surface area contributed by atoms with Gasteiger partial charge >= 0.3 is 0 Å². The number of ether oxygens (including phenoxy) is 2. The Balaban J connectivity index is 2.40. The van der Waals surface area contributed by atoms with Gasteiger partial charge in [0.1, 0.15) is 5.75 Å². The smallest absolute Gasteiger partial charge is 0.253 e. The maximum absolute atomic E-state index is 12.2. The van der Waals surface area contributed by atoms with E-state index in [1.807, 2.05) is 26.0 Å². The van der Waals surface area contributed by atoms with E-state index in [0.29, 0.717) is 5.56 Å². The molecule has 124 valence electrons. The van der Waals surface area contributed by atoms with E-state index in [-0.39, 0.29) is 12.7 Å². The molecule has 22 heavy (non-hydrogen) atoms. The Kier molecular flexibility index (Phi) is 7.62. The summed E-state index contributed by atoms with van der Waals surface area (Å²) in [6.07, 6.45) is 0. The Morgan fingerprint density at radius 2 is 1.68 bits per heavy atom. The monoisotopic (exact) mass is 323 g/mol. The first-order valence-electron chi connectivity index (χ1n) is 7.97. The highest BCUT2D eigenvalue weighted by Gasteiger charge is 2.13. The van der Waals surface area contributed by atoms with Crippen LogP contribution in [0.4, 0.5) is 0 Å². The second-order valence-corrected chi connectivity index (χ2v) is 12.1. The highest BCUT2D eigenvalue weighted by molar-refractivity contribution is 6.76. The van der Waals surface area contributed by atoms with Crippen molar-refractivity contribution in [1.82, 2.24) is 4.90 Å². The molecular weight excluding hydrogens is 294 g/mol. The number of amides is 1. The highest BCUT2D eigenvalue weighted by Crippen LogP contribution is 2.14. The lowest BCUT2D eigenvalue weighted by Gasteiger charge is -2.18. The van der Waals surface area contributed by atoms with E-state index in [0.717, 1.165) is 31.5 Å². The molecule has 0 saturated heterocycles. The molecule has 0 aliphatic rings. The Hall–Kier alpha value is -1.33. The summed E-state index contributed by atoms with van der Waals surface area (Å²) in [4.78, 5) is 14.0. The number of benzene rings is 1. The van der Waals surface area contributed by atoms with Gasteiger partial charge in [0.05, 0.1) is 0 Å². The van der Waals surface area contributed by atoms with Gasteiger partial charge in [0.25, 0.3) is 5.91 Å². The number of carbonyl (C=O) groups excluding carboxylic acids is 1. The first-order chi connectivity index (χ1) is 10.4. The Bertz CT molecular complexity index is 450. The predicted molar refractivity (Wildman–Crippen MR) is 93.3 cm³/mol. The Labute approximate surface area is 135 Å². The van der Waals surface area contributed by atoms with Crippen molar-refractivity contribution in [3.05, 3.63) is 29.8 Å². The minimum Gasteiger partial charge on any atom is -0.468 e. The predicted octanol–water partition coefficient (Wildman–Crippen LogP) is 3.86. The van der Waals surface area contributed by atoms with Gasteiger partial charge in [0.2, 0.25) is 0 Å². The van der Waals surface area contributed by atoms with E-state index in [9.17, 15) is 4.79 Å². The third-order valence-electron chi connectivity index (χ3n) is 3.46. The van der Waals surface area contributed by atoms with Gasteiger partial charge < -0.3 is 14.4 Å². The number of hydrogen-bond donors (Lipinski definition) is 0. The van der Waals surface area contributed by atoms with Gasteiger partial charge in [-0.1, -0.05) is 19.6 Å². The van der Waals surface area contributed by atoms with Crippen LogP contribution in [-0.2, 0) is 4.74 Å². The normalized spacial score (nSPS) is 11.3. The van der Waals surface area contributed by atoms with Gasteiger partial charge in [-0.05, 0) is 44.2 Å². The number of carbonyl (C=O) groups is 1. The van der Waals surface area contributed by atoms with Crippen molar-refractivity contribution in [1.29, 1.82) is 0 Å². The van der Waals surface area contributed by atoms with Crippen LogP contribution < -0.4 is 4.74 Å². The fourth-order valence-electron chi connectivity index (χ4n) is 1.93. The van der Waals surface area contributed by atoms with Crippen LogP contribution in [0.15, 0.2) is 24.3 Å². The van der Waals surface area contributed by atoms with Gasteiger partial charge in [0.15, 0.2) is 6.79 Å². The average Bonchev–Trinajstić information content (AvgIpc) is 2.47. The fraction of sp³-hybridized carbons (Fsp3) is 0.588. The zero-order valence-corrected chi connectivity index (χ0v) is 15.5. The summed E-state index contributed by atoms with van der Waals surface area (Å²) in [5.41, 5.74) is 0.690. The first kappa shape index (κ1) is 18.7. The molecule has 4 nitrogen and oxygen atoms in total. The third kappa shape index (κ3) is 6.62. The Morgan fingerprint density at radius 1 is 1.09 bits per heavy atom. The summed E-state index contributed by atoms with van der Waals surface area (Å²) in [6, 6.07) is 8.38. The van der Waals surface area contributed by atoms with E-state index in [4.69, 9.17) is 9.47 Å². The van der Waals surface area contributed by atoms with Crippen LogP contribution in [0.2, 0.25) is 25.7 Å². The molecule has 0 bridgehead atoms. The average molecular weight is 324 g/mol. The van der Waals surface area contributed by atoms with Crippen LogP contribution in [0.1, 0.15) is 24.2 Å². The van der Waals surface area contributed by atoms with E-state index < -0.39 is 8.07 Å². The summed E-state index contributed by atoms with van der Waals surface area (Å²) in [7, 11) is -1.05. The van der Waals surface area contributed by atoms with E-state index >= 15 is 0 Å². The molecule has 0 spiro atoms. The van der Waals surface area contributed by atoms with Crippen molar-refractivity contribution in [2.45, 2.75) is 39.5 Å². The van der Waals surface area contributed by atoms with E-state index in [1.54, 1.807) is 17.0 Å². The molecule has 0 heterocycles. The minimum atomic E-state index is -1.05. The summed E-state index contributed by atoms with van der Waals surface area (Å²) in [5.74, 6) is 0.784. The molecule has 0 atom stereocenters. The standard InChI is InChI=1S/C17H29NO3Si/c1-6-18(7-2)17(19)15-8-10-16(11-9-15)21-14-20-12-13-22(3,4)5/h8-11H,6-7,12-14H2,1-5H3. The van der Waals surface area contributed by atoms with Crippen molar-refractivity contribution in [3.8, 4) is 5.75 Å². The Morgan fingerprint density at radius 3 is 2.18 bits per heavy atom. The van der Waals surface area contributed by atoms with Crippen molar-refractivity contribution >= 4 is 14.0 Å². The summed E-state index contributed by atoms with van der Waals surface area (Å²) in [5, 5.41) is 0. The largest absolute Gasteiger partial charge is 0.468 e. The molecule has 0 N–H and O–H groups in total. The molecule has 1 rings (SSSR count). The van der Waals surface area contributed by atoms with Gasteiger partial charge in [-0.25, -0.2) is 0 Å². The lowest BCUT2D eigenvalue weighted by Crippen LogP contribution is -2.30. The van der Waals surface area contributed by atoms with Crippen LogP contribution in [0.3, 0.4) is 0 Å². The van der Waals surface area contributed by atoms with Gasteiger partial charge in [0, 0.05) is 33.3 Å². The maximum Gasteiger partial charge on any atom is 0.253 e. The first-order valence-corrected chi connectivity index (χ1v) is 11.7. The number of nitrogens with zero attached hydrogens (tertiary/aromatic N) is 1. The third-order valence-corrected chi connectivity index (χ3v) is 5.16. The molecule has 1 amide bonds. The SMILES string of the molecule is CCN(CC)C(=O)c1ccc(OCOCC[Si](C)(C)C)cc1. The van der Waals surface area contributed by atoms with Crippen LogP contribution in [0, 0.1) is 0 Å². The molecule has 5 heteroatoms. The molecule has 0 saturated carbocycles. The van der Waals surface area contributed by atoms with Gasteiger partial charge in [-0.3, -0.25) is 4.79 Å². The van der Waals surface area contributed by atoms with Crippen molar-refractivity contribution in [2.24, 2.45) is 0 Å². The quantitative estimate of drug-likeness (QED) is 0.393. The van der Waals surface area contributed by atoms with Crippen molar-refractivity contribution < 1.29 is 14.3 Å². The van der Waals surface area contributed by atoms with Crippen molar-refractivity contribution in [2.75, 3.05) is 26.5 Å². The summed E-state index contributed by atoms with van der Waals surface area (Å²) < 4.78 is 11.0. The summed E-state index contributed by atoms with van der Waals surface area (Å²) >= 11 is 0. The maximum atomic E-state index is 12.2. The molecule has 0 aliphatic carbocycles. The van der Waals surface area contributed by atoms with E-state index in [1.165, 1.54) is 0 Å². The molecule has 0 aliphatic heterocycles. The van der Waals surface area contributed by atoms with Crippen LogP contribution in [-0.4, -0.2) is 45.4 Å². The zero-order valence-electron chi connectivity index (χ0n) is 14.5. The molecule has 0 unspecified atom stereocenters. The van der Waals surface area contributed by atoms with Gasteiger partial charge in [-0.2, -0.15) is 0 Å². The van der Waals surface area contributed by atoms with Crippen LogP contribution >= 0.6 is 0 Å². The van der Waals surface area contributed by atoms with Crippen LogP contribution in [0.25, 0.3) is 0 Å². The summed E-state index contributed by atoms with van der Waals surface area (Å²) in [6.45, 7) is 13.4. The molecule has 1 aromatic carbocycles.